The Morgan fingerprint density at radius 2 is 0.947 bits per heavy atom. The number of rotatable bonds is 4. The lowest BCUT2D eigenvalue weighted by atomic mass is 11.1. The minimum Gasteiger partial charge on any atom is -0.354 e. The average Bonchev–Trinajstić information content (AvgIpc) is 2.38. The molecule has 0 radical (unpaired) electrons. The van der Waals surface area contributed by atoms with Crippen molar-refractivity contribution in [2.45, 2.75) is 0 Å². The number of hydrogen-bond donors (Lipinski definition) is 0. The van der Waals surface area contributed by atoms with Crippen LogP contribution in [0.15, 0.2) is 41.4 Å². The molecule has 19 heavy (non-hydrogen) atoms. The highest BCUT2D eigenvalue weighted by Crippen LogP contribution is 2.03. The average molecular weight is 272 g/mol. The number of nitrogens with zero attached hydrogens (tertiary/aromatic N) is 10. The first kappa shape index (κ1) is 16.1. The van der Waals surface area contributed by atoms with Crippen molar-refractivity contribution in [2.24, 2.45) is 41.4 Å². The molecule has 0 unspecified atom stereocenters. The molecular weight excluding hydrogens is 260 g/mol. The Kier molecular flexibility index (Phi) is 7.81. The summed E-state index contributed by atoms with van der Waals surface area (Å²) in [6.45, 7) is 0. The standard InChI is InChI=1S/C6H12N10O3/c1-7-11-15(12-8-2)5(17)19-6(18)16(13-9-3)14-10-4/h1-4H3/b11-7+,12-8+,13-9+,14-10+. The fourth-order valence-corrected chi connectivity index (χ4v) is 0.677. The summed E-state index contributed by atoms with van der Waals surface area (Å²) in [5.41, 5.74) is 0. The molecule has 0 spiro atoms. The Morgan fingerprint density at radius 3 is 1.16 bits per heavy atom. The Bertz CT molecular complexity index is 353. The molecule has 0 aliphatic carbocycles. The summed E-state index contributed by atoms with van der Waals surface area (Å²) >= 11 is 0. The second-order valence-corrected chi connectivity index (χ2v) is 2.37. The van der Waals surface area contributed by atoms with Crippen LogP contribution < -0.4 is 0 Å². The molecular formula is C6H12N10O3. The van der Waals surface area contributed by atoms with Gasteiger partial charge in [0.25, 0.3) is 0 Å². The van der Waals surface area contributed by atoms with Gasteiger partial charge in [0.15, 0.2) is 0 Å². The summed E-state index contributed by atoms with van der Waals surface area (Å²) in [4.78, 5) is 22.9. The maximum Gasteiger partial charge on any atom is 0.464 e. The van der Waals surface area contributed by atoms with E-state index < -0.39 is 12.2 Å². The lowest BCUT2D eigenvalue weighted by molar-refractivity contribution is 0.0887. The van der Waals surface area contributed by atoms with E-state index in [4.69, 9.17) is 0 Å². The molecule has 0 saturated heterocycles. The maximum atomic E-state index is 11.5. The molecule has 0 N–H and O–H groups in total. The van der Waals surface area contributed by atoms with E-state index in [0.29, 0.717) is 10.2 Å². The van der Waals surface area contributed by atoms with Crippen molar-refractivity contribution in [1.82, 2.24) is 10.2 Å². The summed E-state index contributed by atoms with van der Waals surface area (Å²) in [5.74, 6) is 0. The van der Waals surface area contributed by atoms with E-state index >= 15 is 0 Å². The normalized spacial score (nSPS) is 11.8. The topological polar surface area (TPSA) is 149 Å². The maximum absolute atomic E-state index is 11.5. The summed E-state index contributed by atoms with van der Waals surface area (Å²) in [5, 5.41) is 26.9. The van der Waals surface area contributed by atoms with E-state index in [0.717, 1.165) is 0 Å². The molecule has 104 valence electrons. The molecule has 0 saturated carbocycles. The van der Waals surface area contributed by atoms with Gasteiger partial charge in [-0.05, 0) is 31.1 Å². The molecule has 0 bridgehead atoms. The van der Waals surface area contributed by atoms with E-state index in [1.807, 2.05) is 0 Å². The van der Waals surface area contributed by atoms with Crippen LogP contribution in [-0.4, -0.2) is 50.6 Å². The van der Waals surface area contributed by atoms with E-state index in [1.165, 1.54) is 28.2 Å². The zero-order valence-electron chi connectivity index (χ0n) is 10.7. The first-order valence-electron chi connectivity index (χ1n) is 4.65. The van der Waals surface area contributed by atoms with Crippen LogP contribution in [0.2, 0.25) is 0 Å². The SMILES string of the molecule is C/N=N/N(/N=N/C)C(=O)OC(=O)N(/N=N/C)/N=N/C. The van der Waals surface area contributed by atoms with Gasteiger partial charge in [-0.1, -0.05) is 0 Å². The highest BCUT2D eigenvalue weighted by atomic mass is 16.6. The highest BCUT2D eigenvalue weighted by Gasteiger charge is 2.24. The number of carbonyl (C=O) groups is 2. The van der Waals surface area contributed by atoms with Crippen molar-refractivity contribution in [3.8, 4) is 0 Å². The molecule has 0 rings (SSSR count). The van der Waals surface area contributed by atoms with Crippen molar-refractivity contribution in [2.75, 3.05) is 28.2 Å². The first-order chi connectivity index (χ1) is 9.10. The van der Waals surface area contributed by atoms with Crippen LogP contribution in [0.3, 0.4) is 0 Å². The number of carbonyl (C=O) groups excluding carboxylic acids is 2. The lowest BCUT2D eigenvalue weighted by Crippen LogP contribution is -2.29. The fraction of sp³-hybridized carbons (Fsp3) is 0.667. The van der Waals surface area contributed by atoms with Crippen LogP contribution in [0.1, 0.15) is 0 Å². The number of amides is 2. The molecule has 2 amide bonds. The molecule has 0 aliphatic rings. The second kappa shape index (κ2) is 9.20. The minimum absolute atomic E-state index is 0.363. The van der Waals surface area contributed by atoms with Gasteiger partial charge < -0.3 is 4.74 Å². The van der Waals surface area contributed by atoms with Gasteiger partial charge in [-0.3, -0.25) is 0 Å². The van der Waals surface area contributed by atoms with Crippen molar-refractivity contribution in [1.29, 1.82) is 0 Å². The zero-order valence-corrected chi connectivity index (χ0v) is 10.7. The Balaban J connectivity index is 4.81. The monoisotopic (exact) mass is 272 g/mol. The number of ether oxygens (including phenoxy) is 1. The van der Waals surface area contributed by atoms with Crippen molar-refractivity contribution in [3.05, 3.63) is 0 Å². The summed E-state index contributed by atoms with van der Waals surface area (Å²) in [7, 11) is 5.15. The molecule has 0 atom stereocenters. The van der Waals surface area contributed by atoms with Crippen molar-refractivity contribution < 1.29 is 14.3 Å². The van der Waals surface area contributed by atoms with E-state index in [1.54, 1.807) is 0 Å². The first-order valence-corrected chi connectivity index (χ1v) is 4.65. The Morgan fingerprint density at radius 1 is 0.684 bits per heavy atom. The third-order valence-corrected chi connectivity index (χ3v) is 1.20. The van der Waals surface area contributed by atoms with E-state index in [2.05, 4.69) is 46.1 Å². The van der Waals surface area contributed by atoms with Gasteiger partial charge >= 0.3 is 12.2 Å². The van der Waals surface area contributed by atoms with Crippen LogP contribution in [-0.2, 0) is 4.74 Å². The molecule has 0 aromatic carbocycles. The van der Waals surface area contributed by atoms with E-state index in [9.17, 15) is 9.59 Å². The fourth-order valence-electron chi connectivity index (χ4n) is 0.677. The molecule has 13 nitrogen and oxygen atoms in total. The van der Waals surface area contributed by atoms with Gasteiger partial charge in [0, 0.05) is 0 Å². The zero-order chi connectivity index (χ0) is 14.7. The number of hydrogen-bond acceptors (Lipinski definition) is 11. The lowest BCUT2D eigenvalue weighted by Gasteiger charge is -2.09. The Hall–Kier alpha value is -2.86. The van der Waals surface area contributed by atoms with Gasteiger partial charge in [0.05, 0.1) is 28.2 Å². The molecule has 0 heterocycles. The predicted molar refractivity (Wildman–Crippen MR) is 58.7 cm³/mol. The summed E-state index contributed by atoms with van der Waals surface area (Å²) < 4.78 is 4.34. The molecule has 0 fully saturated rings. The molecule has 0 aliphatic heterocycles. The second-order valence-electron chi connectivity index (χ2n) is 2.37. The minimum atomic E-state index is -1.25. The predicted octanol–water partition coefficient (Wildman–Crippen LogP) is 1.84. The van der Waals surface area contributed by atoms with Gasteiger partial charge in [-0.2, -0.15) is 20.5 Å². The van der Waals surface area contributed by atoms with Crippen molar-refractivity contribution in [3.63, 3.8) is 0 Å². The van der Waals surface area contributed by atoms with Crippen LogP contribution in [0, 0.1) is 0 Å². The Labute approximate surface area is 107 Å². The van der Waals surface area contributed by atoms with Crippen molar-refractivity contribution >= 4 is 12.2 Å². The highest BCUT2D eigenvalue weighted by molar-refractivity contribution is 5.82. The van der Waals surface area contributed by atoms with Gasteiger partial charge in [0.2, 0.25) is 0 Å². The molecule has 13 heteroatoms. The quantitative estimate of drug-likeness (QED) is 0.436. The van der Waals surface area contributed by atoms with Gasteiger partial charge in [-0.15, -0.1) is 0 Å². The van der Waals surface area contributed by atoms with Crippen LogP contribution in [0.25, 0.3) is 0 Å². The molecule has 0 aromatic heterocycles. The third kappa shape index (κ3) is 5.85. The third-order valence-electron chi connectivity index (χ3n) is 1.20. The largest absolute Gasteiger partial charge is 0.464 e. The van der Waals surface area contributed by atoms with E-state index in [-0.39, 0.29) is 0 Å². The van der Waals surface area contributed by atoms with Crippen LogP contribution in [0.5, 0.6) is 0 Å². The van der Waals surface area contributed by atoms with Crippen LogP contribution in [0.4, 0.5) is 9.59 Å². The molecule has 0 aromatic rings. The smallest absolute Gasteiger partial charge is 0.354 e. The van der Waals surface area contributed by atoms with Crippen LogP contribution >= 0.6 is 0 Å². The summed E-state index contributed by atoms with van der Waals surface area (Å²) in [6.07, 6.45) is -2.49. The van der Waals surface area contributed by atoms with Gasteiger partial charge in [-0.25, -0.2) is 9.59 Å². The van der Waals surface area contributed by atoms with Gasteiger partial charge in [0.1, 0.15) is 0 Å². The summed E-state index contributed by atoms with van der Waals surface area (Å²) in [6, 6.07) is 0.